The van der Waals surface area contributed by atoms with Gasteiger partial charge >= 0.3 is 0 Å². The Balaban J connectivity index is 1.82. The maximum absolute atomic E-state index is 12.8. The highest BCUT2D eigenvalue weighted by Crippen LogP contribution is 2.29. The molecule has 7 nitrogen and oxygen atoms in total. The zero-order valence-electron chi connectivity index (χ0n) is 15.4. The summed E-state index contributed by atoms with van der Waals surface area (Å²) in [5, 5.41) is 14.7. The molecule has 0 radical (unpaired) electrons. The largest absolute Gasteiger partial charge is 0.371 e. The lowest BCUT2D eigenvalue weighted by atomic mass is 10.1. The first-order valence-corrected chi connectivity index (χ1v) is 9.31. The van der Waals surface area contributed by atoms with Crippen molar-refractivity contribution in [2.75, 3.05) is 18.4 Å². The monoisotopic (exact) mass is 368 g/mol. The molecule has 1 saturated heterocycles. The first-order chi connectivity index (χ1) is 13.1. The number of anilines is 1. The summed E-state index contributed by atoms with van der Waals surface area (Å²) < 4.78 is 0. The van der Waals surface area contributed by atoms with Crippen molar-refractivity contribution in [3.63, 3.8) is 0 Å². The molecule has 0 bridgehead atoms. The fourth-order valence-electron chi connectivity index (χ4n) is 3.33. The van der Waals surface area contributed by atoms with Crippen molar-refractivity contribution in [1.29, 1.82) is 0 Å². The Hall–Kier alpha value is -2.96. The van der Waals surface area contributed by atoms with Crippen LogP contribution in [0.3, 0.4) is 0 Å². The zero-order valence-corrected chi connectivity index (χ0v) is 15.4. The highest BCUT2D eigenvalue weighted by atomic mass is 16.6. The Morgan fingerprint density at radius 3 is 2.56 bits per heavy atom. The van der Waals surface area contributed by atoms with Gasteiger partial charge in [0.05, 0.1) is 16.7 Å². The van der Waals surface area contributed by atoms with Gasteiger partial charge in [-0.3, -0.25) is 19.9 Å². The summed E-state index contributed by atoms with van der Waals surface area (Å²) in [6, 6.07) is 10.0. The van der Waals surface area contributed by atoms with Gasteiger partial charge in [0.2, 0.25) is 0 Å². The number of aromatic nitrogens is 1. The van der Waals surface area contributed by atoms with Gasteiger partial charge in [0.15, 0.2) is 0 Å². The molecule has 1 aliphatic rings. The van der Waals surface area contributed by atoms with Crippen LogP contribution >= 0.6 is 0 Å². The predicted molar refractivity (Wildman–Crippen MR) is 104 cm³/mol. The van der Waals surface area contributed by atoms with E-state index in [2.05, 4.69) is 10.3 Å². The van der Waals surface area contributed by atoms with E-state index in [4.69, 9.17) is 0 Å². The maximum atomic E-state index is 12.8. The van der Waals surface area contributed by atoms with Gasteiger partial charge in [-0.05, 0) is 44.0 Å². The number of rotatable bonds is 5. The van der Waals surface area contributed by atoms with Gasteiger partial charge in [0.1, 0.15) is 5.69 Å². The Morgan fingerprint density at radius 2 is 1.93 bits per heavy atom. The van der Waals surface area contributed by atoms with Crippen molar-refractivity contribution in [1.82, 2.24) is 9.88 Å². The predicted octanol–water partition coefficient (Wildman–Crippen LogP) is 4.18. The second-order valence-electron chi connectivity index (χ2n) is 6.82. The summed E-state index contributed by atoms with van der Waals surface area (Å²) in [6.07, 6.45) is 5.89. The molecule has 0 aliphatic carbocycles. The molecule has 3 rings (SSSR count). The van der Waals surface area contributed by atoms with Crippen LogP contribution in [-0.4, -0.2) is 33.8 Å². The van der Waals surface area contributed by atoms with Crippen LogP contribution in [0.2, 0.25) is 0 Å². The molecule has 1 aromatic heterocycles. The van der Waals surface area contributed by atoms with Gasteiger partial charge in [0, 0.05) is 30.9 Å². The summed E-state index contributed by atoms with van der Waals surface area (Å²) in [7, 11) is 0. The van der Waals surface area contributed by atoms with Gasteiger partial charge < -0.3 is 10.2 Å². The lowest BCUT2D eigenvalue weighted by molar-refractivity contribution is -0.384. The number of nitro benzene ring substituents is 1. The number of nitro groups is 1. The minimum Gasteiger partial charge on any atom is -0.371 e. The molecule has 1 aromatic carbocycles. The van der Waals surface area contributed by atoms with Crippen LogP contribution in [0.25, 0.3) is 0 Å². The first kappa shape index (κ1) is 18.8. The summed E-state index contributed by atoms with van der Waals surface area (Å²) in [4.78, 5) is 29.9. The molecule has 142 valence electrons. The number of pyridine rings is 1. The topological polar surface area (TPSA) is 88.4 Å². The molecule has 1 aliphatic heterocycles. The molecule has 2 heterocycles. The minimum atomic E-state index is -0.452. The third kappa shape index (κ3) is 4.61. The van der Waals surface area contributed by atoms with Gasteiger partial charge in [-0.15, -0.1) is 0 Å². The van der Waals surface area contributed by atoms with Crippen molar-refractivity contribution in [3.8, 4) is 0 Å². The molecule has 1 fully saturated rings. The molecule has 0 saturated carbocycles. The Morgan fingerprint density at radius 1 is 1.19 bits per heavy atom. The second kappa shape index (κ2) is 8.62. The van der Waals surface area contributed by atoms with E-state index < -0.39 is 4.92 Å². The fourth-order valence-corrected chi connectivity index (χ4v) is 3.33. The number of nitrogens with zero attached hydrogens (tertiary/aromatic N) is 3. The smallest absolute Gasteiger partial charge is 0.293 e. The van der Waals surface area contributed by atoms with Gasteiger partial charge in [-0.2, -0.15) is 0 Å². The highest BCUT2D eigenvalue weighted by Gasteiger charge is 2.23. The Bertz CT molecular complexity index is 802. The van der Waals surface area contributed by atoms with Crippen LogP contribution in [0.15, 0.2) is 42.6 Å². The number of nitrogens with one attached hydrogen (secondary N) is 1. The SMILES string of the molecule is CC(Nc1ccc(C(=O)N2CCCCCC2)cc1[N+](=O)[O-])c1ccccn1. The molecule has 27 heavy (non-hydrogen) atoms. The van der Waals surface area contributed by atoms with E-state index in [0.717, 1.165) is 31.4 Å². The van der Waals surface area contributed by atoms with Gasteiger partial charge in [-0.1, -0.05) is 18.9 Å². The van der Waals surface area contributed by atoms with Crippen molar-refractivity contribution < 1.29 is 9.72 Å². The van der Waals surface area contributed by atoms with E-state index in [1.165, 1.54) is 6.07 Å². The van der Waals surface area contributed by atoms with E-state index in [1.807, 2.05) is 25.1 Å². The van der Waals surface area contributed by atoms with Crippen molar-refractivity contribution in [3.05, 3.63) is 64.0 Å². The van der Waals surface area contributed by atoms with E-state index in [1.54, 1.807) is 23.2 Å². The average Bonchev–Trinajstić information content (AvgIpc) is 2.97. The highest BCUT2D eigenvalue weighted by molar-refractivity contribution is 5.95. The molecular formula is C20H24N4O3. The van der Waals surface area contributed by atoms with Gasteiger partial charge in [0.25, 0.3) is 11.6 Å². The van der Waals surface area contributed by atoms with Crippen molar-refractivity contribution >= 4 is 17.3 Å². The molecule has 0 spiro atoms. The normalized spacial score (nSPS) is 15.7. The second-order valence-corrected chi connectivity index (χ2v) is 6.82. The van der Waals surface area contributed by atoms with E-state index in [9.17, 15) is 14.9 Å². The van der Waals surface area contributed by atoms with Crippen LogP contribution in [0.4, 0.5) is 11.4 Å². The zero-order chi connectivity index (χ0) is 19.2. The number of amides is 1. The van der Waals surface area contributed by atoms with E-state index in [0.29, 0.717) is 24.3 Å². The molecule has 7 heteroatoms. The molecule has 2 aromatic rings. The summed E-state index contributed by atoms with van der Waals surface area (Å²) in [6.45, 7) is 3.31. The summed E-state index contributed by atoms with van der Waals surface area (Å²) in [5.74, 6) is -0.135. The Labute approximate surface area is 158 Å². The molecule has 1 amide bonds. The summed E-state index contributed by atoms with van der Waals surface area (Å²) >= 11 is 0. The lowest BCUT2D eigenvalue weighted by Gasteiger charge is -2.21. The van der Waals surface area contributed by atoms with Crippen LogP contribution < -0.4 is 5.32 Å². The van der Waals surface area contributed by atoms with Crippen LogP contribution in [-0.2, 0) is 0 Å². The molecule has 1 unspecified atom stereocenters. The lowest BCUT2D eigenvalue weighted by Crippen LogP contribution is -2.31. The number of hydrogen-bond acceptors (Lipinski definition) is 5. The van der Waals surface area contributed by atoms with E-state index >= 15 is 0 Å². The van der Waals surface area contributed by atoms with Gasteiger partial charge in [-0.25, -0.2) is 0 Å². The van der Waals surface area contributed by atoms with Crippen LogP contribution in [0.1, 0.15) is 54.7 Å². The van der Waals surface area contributed by atoms with Crippen LogP contribution in [0, 0.1) is 10.1 Å². The van der Waals surface area contributed by atoms with Crippen molar-refractivity contribution in [2.24, 2.45) is 0 Å². The number of hydrogen-bond donors (Lipinski definition) is 1. The number of carbonyl (C=O) groups excluding carboxylic acids is 1. The van der Waals surface area contributed by atoms with Crippen molar-refractivity contribution in [2.45, 2.75) is 38.6 Å². The third-order valence-electron chi connectivity index (χ3n) is 4.84. The minimum absolute atomic E-state index is 0.0987. The maximum Gasteiger partial charge on any atom is 0.293 e. The molecule has 1 N–H and O–H groups in total. The number of benzene rings is 1. The standard InChI is InChI=1S/C20H24N4O3/c1-15(17-8-4-5-11-21-17)22-18-10-9-16(14-19(18)24(26)27)20(25)23-12-6-2-3-7-13-23/h4-5,8-11,14-15,22H,2-3,6-7,12-13H2,1H3. The third-order valence-corrected chi connectivity index (χ3v) is 4.84. The number of carbonyl (C=O) groups is 1. The first-order valence-electron chi connectivity index (χ1n) is 9.31. The van der Waals surface area contributed by atoms with E-state index in [-0.39, 0.29) is 17.6 Å². The Kier molecular flexibility index (Phi) is 6.01. The molecular weight excluding hydrogens is 344 g/mol. The van der Waals surface area contributed by atoms with Crippen LogP contribution in [0.5, 0.6) is 0 Å². The summed E-state index contributed by atoms with van der Waals surface area (Å²) in [5.41, 5.74) is 1.43. The average molecular weight is 368 g/mol. The number of likely N-dealkylation sites (tertiary alicyclic amines) is 1. The quantitative estimate of drug-likeness (QED) is 0.632. The fraction of sp³-hybridized carbons (Fsp3) is 0.400. The molecule has 1 atom stereocenters.